The van der Waals surface area contributed by atoms with Crippen LogP contribution in [0.15, 0.2) is 79.0 Å². The third-order valence-corrected chi connectivity index (χ3v) is 9.97. The van der Waals surface area contributed by atoms with Crippen LogP contribution in [-0.2, 0) is 41.3 Å². The van der Waals surface area contributed by atoms with E-state index in [1.54, 1.807) is 0 Å². The van der Waals surface area contributed by atoms with Crippen LogP contribution < -0.4 is 29.6 Å². The number of hydrogen-bond acceptors (Lipinski definition) is 5. The number of alkyl halides is 7. The molecule has 6 rings (SSSR count). The molecule has 63 heavy (non-hydrogen) atoms. The predicted molar refractivity (Wildman–Crippen MR) is 214 cm³/mol. The number of rotatable bonds is 9. The number of aromatic amines is 1. The van der Waals surface area contributed by atoms with Gasteiger partial charge in [0.15, 0.2) is 22.9 Å². The molecule has 0 aliphatic carbocycles. The van der Waals surface area contributed by atoms with Crippen LogP contribution in [0.5, 0.6) is 0 Å². The molecule has 9 nitrogen and oxygen atoms in total. The monoisotopic (exact) mass is 965 g/mol. The van der Waals surface area contributed by atoms with Crippen LogP contribution in [0.4, 0.5) is 55.3 Å². The Balaban J connectivity index is 0.000000519. The summed E-state index contributed by atoms with van der Waals surface area (Å²) in [5, 5.41) is 24.0. The summed E-state index contributed by atoms with van der Waals surface area (Å²) in [5.74, 6) is -3.95. The number of aromatic nitrogens is 3. The van der Waals surface area contributed by atoms with E-state index in [9.17, 15) is 63.7 Å². The number of carbonyl (C=O) groups excluding carboxylic acids is 2. The number of carbonyl (C=O) groups is 2. The molecule has 2 atom stereocenters. The zero-order valence-corrected chi connectivity index (χ0v) is 36.1. The van der Waals surface area contributed by atoms with E-state index in [-0.39, 0.29) is 72.2 Å². The van der Waals surface area contributed by atoms with Crippen LogP contribution in [0.25, 0.3) is 31.5 Å². The van der Waals surface area contributed by atoms with Gasteiger partial charge in [-0.15, -0.1) is 5.10 Å². The van der Waals surface area contributed by atoms with Crippen molar-refractivity contribution in [3.8, 4) is 0 Å². The number of nitrogens with zero attached hydrogens (tertiary/aromatic N) is 4. The Morgan fingerprint density at radius 3 is 1.67 bits per heavy atom. The Labute approximate surface area is 385 Å². The maximum atomic E-state index is 13.9. The Bertz CT molecular complexity index is 2690. The summed E-state index contributed by atoms with van der Waals surface area (Å²) in [6, 6.07) is 13.1. The first-order chi connectivity index (χ1) is 28.3. The zero-order chi connectivity index (χ0) is 45.7. The minimum atomic E-state index is -4.78. The van der Waals surface area contributed by atoms with Gasteiger partial charge in [-0.3, -0.25) is 14.3 Å². The molecule has 21 heteroatoms. The molecule has 2 aromatic heterocycles. The van der Waals surface area contributed by atoms with E-state index in [4.69, 9.17) is 13.1 Å². The number of benzene rings is 4. The number of H-pyrrole nitrogens is 1. The van der Waals surface area contributed by atoms with Crippen LogP contribution >= 0.6 is 15.9 Å². The van der Waals surface area contributed by atoms with E-state index in [1.165, 1.54) is 49.5 Å². The van der Waals surface area contributed by atoms with Gasteiger partial charge in [0.25, 0.3) is 0 Å². The molecule has 3 N–H and O–H groups in total. The smallest absolute Gasteiger partial charge is 1.00 e. The van der Waals surface area contributed by atoms with E-state index in [0.717, 1.165) is 41.9 Å². The van der Waals surface area contributed by atoms with Gasteiger partial charge in [0.2, 0.25) is 5.95 Å². The molecule has 0 radical (unpaired) electrons. The first kappa shape index (κ1) is 54.0. The fraction of sp³-hybridized carbons (Fsp3) is 0.262. The Morgan fingerprint density at radius 2 is 1.21 bits per heavy atom. The molecule has 2 heterocycles. The molecule has 0 unspecified atom stereocenters. The van der Waals surface area contributed by atoms with Gasteiger partial charge in [-0.1, -0.05) is 59.8 Å². The van der Waals surface area contributed by atoms with E-state index in [2.05, 4.69) is 35.7 Å². The van der Waals surface area contributed by atoms with Crippen molar-refractivity contribution < 1.29 is 94.7 Å². The number of fused-ring (bicyclic) bond motifs is 2. The summed E-state index contributed by atoms with van der Waals surface area (Å²) in [6.45, 7) is 15.5. The molecule has 0 amide bonds. The quantitative estimate of drug-likeness (QED) is 0.0586. The summed E-state index contributed by atoms with van der Waals surface area (Å²) in [7, 11) is 0. The number of halogens is 11. The minimum absolute atomic E-state index is 0. The van der Waals surface area contributed by atoms with Crippen LogP contribution in [0.1, 0.15) is 45.0 Å². The molecule has 0 aliphatic rings. The van der Waals surface area contributed by atoms with Crippen molar-refractivity contribution >= 4 is 60.7 Å². The summed E-state index contributed by atoms with van der Waals surface area (Å²) >= 11 is 2.96. The van der Waals surface area contributed by atoms with Crippen molar-refractivity contribution in [3.63, 3.8) is 0 Å². The van der Waals surface area contributed by atoms with Crippen LogP contribution in [0.2, 0.25) is 0 Å². The maximum absolute atomic E-state index is 13.9. The van der Waals surface area contributed by atoms with Gasteiger partial charge in [-0.2, -0.15) is 30.7 Å². The van der Waals surface area contributed by atoms with Crippen molar-refractivity contribution in [1.29, 1.82) is 0 Å². The van der Waals surface area contributed by atoms with Gasteiger partial charge in [-0.05, 0) is 61.4 Å². The number of ketones is 2. The van der Waals surface area contributed by atoms with E-state index in [1.807, 2.05) is 0 Å². The van der Waals surface area contributed by atoms with Gasteiger partial charge < -0.3 is 16.6 Å². The molecule has 6 aromatic rings. The Morgan fingerprint density at radius 1 is 0.746 bits per heavy atom. The third-order valence-electron chi connectivity index (χ3n) is 8.88. The molecule has 0 saturated carbocycles. The van der Waals surface area contributed by atoms with Crippen molar-refractivity contribution in [2.24, 2.45) is 0 Å². The largest absolute Gasteiger partial charge is 1.00 e. The van der Waals surface area contributed by atoms with E-state index < -0.39 is 94.0 Å². The molecule has 0 aliphatic heterocycles. The minimum Gasteiger partial charge on any atom is -1.00 e. The maximum Gasteiger partial charge on any atom is 1.00 e. The molecular weight excluding hydrogens is 931 g/mol. The first-order valence-corrected chi connectivity index (χ1v) is 18.4. The Hall–Kier alpha value is -5.09. The van der Waals surface area contributed by atoms with Crippen molar-refractivity contribution in [2.75, 3.05) is 5.33 Å². The molecule has 0 spiro atoms. The summed E-state index contributed by atoms with van der Waals surface area (Å²) in [4.78, 5) is 32.6. The van der Waals surface area contributed by atoms with Crippen molar-refractivity contribution in [3.05, 3.63) is 147 Å². The fourth-order valence-electron chi connectivity index (χ4n) is 5.53. The van der Waals surface area contributed by atoms with Crippen LogP contribution in [0.3, 0.4) is 0 Å². The molecule has 4 aromatic carbocycles. The normalized spacial score (nSPS) is 13.0. The van der Waals surface area contributed by atoms with E-state index in [0.29, 0.717) is 17.0 Å². The average Bonchev–Trinajstić information content (AvgIpc) is 3.70. The third kappa shape index (κ3) is 13.7. The molecular formula is C42H35BrF10N5NaO4. The standard InChI is InChI=1S/C20H14F5N3O2.C13H11BrF3NO2.C8H5F2N.CH4.Na.H/c1-19(30,10-28-16-6-4-12(21)9-13(16)18(22)27-28)17(29)8-11-3-5-15(26-2)14(7-11)20(23,24)25;1-12(20,7-14)11(19)6-8-3-4-10(18-2)9(5-8)13(15,16)17;9-5-1-2-8-6(3-5)7(10)4-11-8;;;/h3-7,9,30H,8,10H2,1H3;3-5,20H,6-7H2,1H3;1-4,11H;1H4;;/q;;;;+1;-1/t19-;12-;;;;/m00..../s1. The second-order valence-electron chi connectivity index (χ2n) is 13.7. The SMILES string of the molecule is C.Fc1ccc2[nH]cc(F)c2c1.[C-]#[N+]c1ccc(CC(=O)[C@@](C)(O)CBr)cc1C(F)(F)F.[C-]#[N+]c1ccc(CC(=O)[C@@](C)(O)Cn2nc(F)c3cc(F)ccc32)cc1C(F)(F)F.[H-].[Na+]. The molecule has 0 saturated heterocycles. The summed E-state index contributed by atoms with van der Waals surface area (Å²) < 4.78 is 131. The number of hydrogen-bond donors (Lipinski definition) is 3. The number of nitrogens with one attached hydrogen (secondary N) is 1. The van der Waals surface area contributed by atoms with Gasteiger partial charge in [0.1, 0.15) is 28.7 Å². The Kier molecular flexibility index (Phi) is 18.5. The van der Waals surface area contributed by atoms with Gasteiger partial charge in [0.05, 0.1) is 41.7 Å². The zero-order valence-electron chi connectivity index (χ0n) is 33.5. The van der Waals surface area contributed by atoms with Crippen LogP contribution in [0, 0.1) is 36.5 Å². The van der Waals surface area contributed by atoms with Gasteiger partial charge in [0, 0.05) is 35.3 Å². The van der Waals surface area contributed by atoms with E-state index >= 15 is 0 Å². The second kappa shape index (κ2) is 21.5. The first-order valence-electron chi connectivity index (χ1n) is 17.3. The van der Waals surface area contributed by atoms with Crippen LogP contribution in [-0.4, -0.2) is 53.1 Å². The summed E-state index contributed by atoms with van der Waals surface area (Å²) in [6.07, 6.45) is -9.10. The van der Waals surface area contributed by atoms with Crippen molar-refractivity contribution in [2.45, 2.75) is 64.2 Å². The average molecular weight is 967 g/mol. The molecule has 0 bridgehead atoms. The second-order valence-corrected chi connectivity index (χ2v) is 14.3. The number of aliphatic hydroxyl groups is 2. The fourth-order valence-corrected chi connectivity index (χ4v) is 5.85. The molecule has 0 fully saturated rings. The number of Topliss-reactive ketones (excluding diaryl/α,β-unsaturated/α-hetero) is 2. The van der Waals surface area contributed by atoms with Gasteiger partial charge in [-0.25, -0.2) is 22.9 Å². The van der Waals surface area contributed by atoms with Crippen molar-refractivity contribution in [1.82, 2.24) is 14.8 Å². The topological polar surface area (TPSA) is 117 Å². The summed E-state index contributed by atoms with van der Waals surface area (Å²) in [5.41, 5.74) is -6.28. The predicted octanol–water partition coefficient (Wildman–Crippen LogP) is 8.16. The van der Waals surface area contributed by atoms with Gasteiger partial charge >= 0.3 is 41.9 Å². The molecule has 330 valence electrons.